The van der Waals surface area contributed by atoms with Gasteiger partial charge in [-0.15, -0.1) is 0 Å². The highest BCUT2D eigenvalue weighted by Gasteiger charge is 2.33. The summed E-state index contributed by atoms with van der Waals surface area (Å²) in [6, 6.07) is 8.78. The van der Waals surface area contributed by atoms with Gasteiger partial charge in [-0.1, -0.05) is 0 Å². The molecule has 0 radical (unpaired) electrons. The van der Waals surface area contributed by atoms with Crippen molar-refractivity contribution >= 4 is 32.6 Å². The third-order valence-corrected chi connectivity index (χ3v) is 6.62. The maximum atomic E-state index is 13.4. The van der Waals surface area contributed by atoms with Crippen molar-refractivity contribution in [3.8, 4) is 11.3 Å². The lowest BCUT2D eigenvalue weighted by Gasteiger charge is -2.24. The standard InChI is InChI=1S/C22H23FN2O6S/c1-12-16-8-17-19(9-18(16)25(32(3,28)29)10-15(11-26)30-12)31-21(20(17)22(27)24-2)13-4-6-14(23)7-5-13/h4-9,12,15,26H,10-11H2,1-3H3,(H,24,27)/t12-,15-/m0/s1. The largest absolute Gasteiger partial charge is 0.455 e. The highest BCUT2D eigenvalue weighted by Crippen LogP contribution is 2.42. The molecule has 0 spiro atoms. The summed E-state index contributed by atoms with van der Waals surface area (Å²) in [6.45, 7) is 1.34. The topological polar surface area (TPSA) is 109 Å². The van der Waals surface area contributed by atoms with Crippen LogP contribution in [0.25, 0.3) is 22.3 Å². The molecule has 0 fully saturated rings. The summed E-state index contributed by atoms with van der Waals surface area (Å²) in [4.78, 5) is 12.8. The first kappa shape index (κ1) is 22.3. The number of aliphatic hydroxyl groups excluding tert-OH is 1. The molecule has 2 aromatic carbocycles. The average Bonchev–Trinajstić information content (AvgIpc) is 3.05. The zero-order chi connectivity index (χ0) is 23.2. The van der Waals surface area contributed by atoms with Gasteiger partial charge in [0.25, 0.3) is 5.91 Å². The number of rotatable bonds is 4. The van der Waals surface area contributed by atoms with Crippen molar-refractivity contribution in [3.63, 3.8) is 0 Å². The molecule has 2 atom stereocenters. The molecule has 3 aromatic rings. The number of halogens is 1. The molecule has 2 N–H and O–H groups in total. The van der Waals surface area contributed by atoms with E-state index in [0.717, 1.165) is 6.26 Å². The Labute approximate surface area is 184 Å². The quantitative estimate of drug-likeness (QED) is 0.617. The number of benzene rings is 2. The van der Waals surface area contributed by atoms with Crippen LogP contribution in [0, 0.1) is 5.82 Å². The van der Waals surface area contributed by atoms with E-state index in [-0.39, 0.29) is 24.5 Å². The predicted octanol–water partition coefficient (Wildman–Crippen LogP) is 2.82. The van der Waals surface area contributed by atoms with Crippen LogP contribution in [0.2, 0.25) is 0 Å². The van der Waals surface area contributed by atoms with E-state index in [9.17, 15) is 22.7 Å². The molecule has 0 saturated carbocycles. The van der Waals surface area contributed by atoms with Crippen molar-refractivity contribution in [2.45, 2.75) is 19.1 Å². The van der Waals surface area contributed by atoms with Crippen molar-refractivity contribution in [2.75, 3.05) is 30.8 Å². The summed E-state index contributed by atoms with van der Waals surface area (Å²) >= 11 is 0. The fourth-order valence-electron chi connectivity index (χ4n) is 3.95. The maximum absolute atomic E-state index is 13.4. The van der Waals surface area contributed by atoms with Gasteiger partial charge >= 0.3 is 0 Å². The molecule has 1 aromatic heterocycles. The van der Waals surface area contributed by atoms with E-state index in [2.05, 4.69) is 5.32 Å². The summed E-state index contributed by atoms with van der Waals surface area (Å²) in [5.74, 6) is -0.586. The number of fused-ring (bicyclic) bond motifs is 2. The number of aliphatic hydroxyl groups is 1. The lowest BCUT2D eigenvalue weighted by atomic mass is 10.0. The number of carbonyl (C=O) groups is 1. The highest BCUT2D eigenvalue weighted by atomic mass is 32.2. The number of ether oxygens (including phenoxy) is 1. The number of sulfonamides is 1. The van der Waals surface area contributed by atoms with Crippen molar-refractivity contribution in [3.05, 3.63) is 53.3 Å². The number of anilines is 1. The molecule has 1 amide bonds. The van der Waals surface area contributed by atoms with Gasteiger partial charge in [-0.2, -0.15) is 0 Å². The zero-order valence-corrected chi connectivity index (χ0v) is 18.6. The van der Waals surface area contributed by atoms with E-state index in [4.69, 9.17) is 9.15 Å². The fourth-order valence-corrected chi connectivity index (χ4v) is 4.90. The highest BCUT2D eigenvalue weighted by molar-refractivity contribution is 7.92. The normalized spacial score (nSPS) is 19.0. The van der Waals surface area contributed by atoms with E-state index in [1.54, 1.807) is 19.1 Å². The molecule has 0 unspecified atom stereocenters. The summed E-state index contributed by atoms with van der Waals surface area (Å²) in [6.07, 6.45) is -0.195. The monoisotopic (exact) mass is 462 g/mol. The zero-order valence-electron chi connectivity index (χ0n) is 17.8. The Morgan fingerprint density at radius 2 is 1.97 bits per heavy atom. The molecular formula is C22H23FN2O6S. The number of hydrogen-bond donors (Lipinski definition) is 2. The molecule has 32 heavy (non-hydrogen) atoms. The first-order valence-corrected chi connectivity index (χ1v) is 11.8. The number of hydrogen-bond acceptors (Lipinski definition) is 6. The van der Waals surface area contributed by atoms with Gasteiger partial charge in [-0.05, 0) is 37.3 Å². The minimum absolute atomic E-state index is 0.0635. The lowest BCUT2D eigenvalue weighted by Crippen LogP contribution is -2.38. The van der Waals surface area contributed by atoms with E-state index < -0.39 is 34.0 Å². The minimum atomic E-state index is -3.70. The summed E-state index contributed by atoms with van der Waals surface area (Å²) in [5.41, 5.74) is 1.94. The number of furan rings is 1. The first-order valence-electron chi connectivity index (χ1n) is 9.96. The van der Waals surface area contributed by atoms with Crippen molar-refractivity contribution in [2.24, 2.45) is 0 Å². The number of carbonyl (C=O) groups excluding carboxylic acids is 1. The summed E-state index contributed by atoms with van der Waals surface area (Å²) in [5, 5.41) is 12.7. The fraction of sp³-hybridized carbons (Fsp3) is 0.318. The van der Waals surface area contributed by atoms with Crippen LogP contribution in [-0.4, -0.2) is 52.0 Å². The van der Waals surface area contributed by atoms with Crippen LogP contribution in [0.5, 0.6) is 0 Å². The number of nitrogens with one attached hydrogen (secondary N) is 1. The van der Waals surface area contributed by atoms with Crippen LogP contribution in [-0.2, 0) is 14.8 Å². The van der Waals surface area contributed by atoms with Gasteiger partial charge in [0.05, 0.1) is 42.9 Å². The third-order valence-electron chi connectivity index (χ3n) is 5.47. The van der Waals surface area contributed by atoms with Crippen LogP contribution in [0.15, 0.2) is 40.8 Å². The van der Waals surface area contributed by atoms with Crippen molar-refractivity contribution in [1.82, 2.24) is 5.32 Å². The van der Waals surface area contributed by atoms with E-state index in [1.807, 2.05) is 0 Å². The third kappa shape index (κ3) is 3.85. The second kappa shape index (κ2) is 8.19. The summed E-state index contributed by atoms with van der Waals surface area (Å²) < 4.78 is 51.6. The summed E-state index contributed by atoms with van der Waals surface area (Å²) in [7, 11) is -2.21. The molecule has 8 nitrogen and oxygen atoms in total. The Bertz CT molecular complexity index is 1290. The van der Waals surface area contributed by atoms with Gasteiger partial charge < -0.3 is 19.6 Å². The Morgan fingerprint density at radius 1 is 1.28 bits per heavy atom. The van der Waals surface area contributed by atoms with E-state index in [1.165, 1.54) is 35.6 Å². The van der Waals surface area contributed by atoms with Crippen LogP contribution in [0.4, 0.5) is 10.1 Å². The minimum Gasteiger partial charge on any atom is -0.455 e. The Kier molecular flexibility index (Phi) is 5.70. The van der Waals surface area contributed by atoms with Crippen molar-refractivity contribution < 1.29 is 31.9 Å². The second-order valence-corrected chi connectivity index (χ2v) is 9.58. The van der Waals surface area contributed by atoms with E-state index in [0.29, 0.717) is 27.8 Å². The van der Waals surface area contributed by atoms with Gasteiger partial charge in [-0.25, -0.2) is 12.8 Å². The van der Waals surface area contributed by atoms with Crippen LogP contribution in [0.1, 0.15) is 28.9 Å². The molecule has 0 aliphatic carbocycles. The number of amides is 1. The molecular weight excluding hydrogens is 439 g/mol. The molecule has 170 valence electrons. The van der Waals surface area contributed by atoms with Crippen molar-refractivity contribution in [1.29, 1.82) is 0 Å². The smallest absolute Gasteiger partial charge is 0.255 e. The van der Waals surface area contributed by atoms with Gasteiger partial charge in [0.15, 0.2) is 0 Å². The van der Waals surface area contributed by atoms with Gasteiger partial charge in [0, 0.05) is 29.6 Å². The predicted molar refractivity (Wildman–Crippen MR) is 118 cm³/mol. The molecule has 2 heterocycles. The molecule has 10 heteroatoms. The van der Waals surface area contributed by atoms with E-state index >= 15 is 0 Å². The second-order valence-electron chi connectivity index (χ2n) is 7.68. The number of nitrogens with zero attached hydrogens (tertiary/aromatic N) is 1. The Morgan fingerprint density at radius 3 is 2.56 bits per heavy atom. The SMILES string of the molecule is CNC(=O)c1c(-c2ccc(F)cc2)oc2cc3c(cc12)[C@H](C)O[C@H](CO)CN3S(C)(=O)=O. The van der Waals surface area contributed by atoms with Gasteiger partial charge in [0.1, 0.15) is 17.2 Å². The van der Waals surface area contributed by atoms with Crippen LogP contribution in [0.3, 0.4) is 0 Å². The Hall–Kier alpha value is -2.95. The van der Waals surface area contributed by atoms with Crippen LogP contribution < -0.4 is 9.62 Å². The molecule has 0 saturated heterocycles. The van der Waals surface area contributed by atoms with Gasteiger partial charge in [0.2, 0.25) is 10.0 Å². The molecule has 1 aliphatic heterocycles. The molecule has 4 rings (SSSR count). The molecule has 0 bridgehead atoms. The van der Waals surface area contributed by atoms with Gasteiger partial charge in [-0.3, -0.25) is 9.10 Å². The Balaban J connectivity index is 2.01. The first-order chi connectivity index (χ1) is 15.1. The molecule has 1 aliphatic rings. The average molecular weight is 462 g/mol. The lowest BCUT2D eigenvalue weighted by molar-refractivity contribution is -0.0227. The van der Waals surface area contributed by atoms with Crippen LogP contribution >= 0.6 is 0 Å². The maximum Gasteiger partial charge on any atom is 0.255 e.